The molecular formula is C12H20O. The molecule has 3 unspecified atom stereocenters. The van der Waals surface area contributed by atoms with E-state index in [1.54, 1.807) is 0 Å². The SMILES string of the molecule is CC12CCC(C(CC=O)C1)C2(C)C. The van der Waals surface area contributed by atoms with Crippen LogP contribution < -0.4 is 0 Å². The molecule has 0 saturated heterocycles. The number of hydrogen-bond acceptors (Lipinski definition) is 1. The number of aldehydes is 1. The van der Waals surface area contributed by atoms with E-state index in [1.165, 1.54) is 19.3 Å². The lowest BCUT2D eigenvalue weighted by molar-refractivity contribution is -0.109. The van der Waals surface area contributed by atoms with Crippen LogP contribution in [-0.4, -0.2) is 6.29 Å². The van der Waals surface area contributed by atoms with Crippen LogP contribution in [0.15, 0.2) is 0 Å². The van der Waals surface area contributed by atoms with E-state index in [4.69, 9.17) is 0 Å². The Labute approximate surface area is 80.9 Å². The van der Waals surface area contributed by atoms with Crippen molar-refractivity contribution < 1.29 is 4.79 Å². The fourth-order valence-corrected chi connectivity index (χ4v) is 3.89. The highest BCUT2D eigenvalue weighted by Crippen LogP contribution is 2.68. The molecule has 0 aromatic heterocycles. The molecule has 2 fully saturated rings. The van der Waals surface area contributed by atoms with E-state index in [-0.39, 0.29) is 0 Å². The van der Waals surface area contributed by atoms with Gasteiger partial charge < -0.3 is 4.79 Å². The fraction of sp³-hybridized carbons (Fsp3) is 0.917. The lowest BCUT2D eigenvalue weighted by atomic mass is 9.71. The van der Waals surface area contributed by atoms with E-state index in [9.17, 15) is 4.79 Å². The van der Waals surface area contributed by atoms with E-state index in [2.05, 4.69) is 20.8 Å². The molecule has 0 spiro atoms. The molecule has 0 N–H and O–H groups in total. The Morgan fingerprint density at radius 1 is 1.38 bits per heavy atom. The molecule has 13 heavy (non-hydrogen) atoms. The van der Waals surface area contributed by atoms with Crippen molar-refractivity contribution in [3.05, 3.63) is 0 Å². The minimum atomic E-state index is 0.473. The van der Waals surface area contributed by atoms with Gasteiger partial charge in [0.25, 0.3) is 0 Å². The molecule has 0 aliphatic heterocycles. The van der Waals surface area contributed by atoms with E-state index in [0.717, 1.165) is 18.6 Å². The zero-order valence-corrected chi connectivity index (χ0v) is 8.97. The van der Waals surface area contributed by atoms with Crippen LogP contribution in [0.5, 0.6) is 0 Å². The molecular weight excluding hydrogens is 160 g/mol. The Hall–Kier alpha value is -0.330. The van der Waals surface area contributed by atoms with Gasteiger partial charge in [-0.25, -0.2) is 0 Å². The lowest BCUT2D eigenvalue weighted by Gasteiger charge is -2.34. The summed E-state index contributed by atoms with van der Waals surface area (Å²) in [6.45, 7) is 7.21. The summed E-state index contributed by atoms with van der Waals surface area (Å²) in [5.74, 6) is 1.49. The van der Waals surface area contributed by atoms with Gasteiger partial charge in [0, 0.05) is 6.42 Å². The second-order valence-electron chi connectivity index (χ2n) is 5.79. The first-order chi connectivity index (χ1) is 6.01. The molecule has 2 rings (SSSR count). The van der Waals surface area contributed by atoms with Crippen molar-refractivity contribution in [2.45, 2.75) is 46.5 Å². The average Bonchev–Trinajstić information content (AvgIpc) is 2.34. The Bertz CT molecular complexity index is 229. The average molecular weight is 180 g/mol. The molecule has 0 aromatic carbocycles. The minimum Gasteiger partial charge on any atom is -0.303 e. The molecule has 2 aliphatic carbocycles. The lowest BCUT2D eigenvalue weighted by Crippen LogP contribution is -2.26. The van der Waals surface area contributed by atoms with Crippen molar-refractivity contribution >= 4 is 6.29 Å². The van der Waals surface area contributed by atoms with E-state index in [0.29, 0.717) is 16.7 Å². The van der Waals surface area contributed by atoms with Crippen molar-refractivity contribution in [3.63, 3.8) is 0 Å². The first-order valence-corrected chi connectivity index (χ1v) is 5.45. The van der Waals surface area contributed by atoms with Crippen LogP contribution in [0.2, 0.25) is 0 Å². The maximum absolute atomic E-state index is 10.6. The topological polar surface area (TPSA) is 17.1 Å². The first-order valence-electron chi connectivity index (χ1n) is 5.45. The standard InChI is InChI=1S/C12H20O/c1-11(2)10-4-6-12(11,3)8-9(10)5-7-13/h7,9-10H,4-6,8H2,1-3H3. The second kappa shape index (κ2) is 2.59. The van der Waals surface area contributed by atoms with Gasteiger partial charge in [-0.1, -0.05) is 20.8 Å². The largest absolute Gasteiger partial charge is 0.303 e. The molecule has 2 bridgehead atoms. The first kappa shape index (κ1) is 9.23. The zero-order chi connectivity index (χ0) is 9.69. The number of carbonyl (C=O) groups is 1. The number of carbonyl (C=O) groups excluding carboxylic acids is 1. The molecule has 74 valence electrons. The van der Waals surface area contributed by atoms with Crippen LogP contribution in [0.4, 0.5) is 0 Å². The third-order valence-electron chi connectivity index (χ3n) is 5.17. The summed E-state index contributed by atoms with van der Waals surface area (Å²) in [6.07, 6.45) is 5.92. The summed E-state index contributed by atoms with van der Waals surface area (Å²) in [6, 6.07) is 0. The quantitative estimate of drug-likeness (QED) is 0.597. The summed E-state index contributed by atoms with van der Waals surface area (Å²) in [5, 5.41) is 0. The van der Waals surface area contributed by atoms with Crippen LogP contribution >= 0.6 is 0 Å². The summed E-state index contributed by atoms with van der Waals surface area (Å²) in [7, 11) is 0. The van der Waals surface area contributed by atoms with E-state index >= 15 is 0 Å². The monoisotopic (exact) mass is 180 g/mol. The maximum atomic E-state index is 10.6. The van der Waals surface area contributed by atoms with Gasteiger partial charge in [-0.05, 0) is 41.9 Å². The van der Waals surface area contributed by atoms with Gasteiger partial charge in [0.05, 0.1) is 0 Å². The third kappa shape index (κ3) is 1.02. The zero-order valence-electron chi connectivity index (χ0n) is 8.97. The van der Waals surface area contributed by atoms with Crippen LogP contribution in [0.25, 0.3) is 0 Å². The van der Waals surface area contributed by atoms with Gasteiger partial charge in [-0.2, -0.15) is 0 Å². The normalized spacial score (nSPS) is 46.7. The van der Waals surface area contributed by atoms with Crippen molar-refractivity contribution in [2.24, 2.45) is 22.7 Å². The Morgan fingerprint density at radius 2 is 2.08 bits per heavy atom. The molecule has 0 aromatic rings. The van der Waals surface area contributed by atoms with E-state index in [1.807, 2.05) is 0 Å². The van der Waals surface area contributed by atoms with Crippen molar-refractivity contribution in [3.8, 4) is 0 Å². The van der Waals surface area contributed by atoms with Gasteiger partial charge >= 0.3 is 0 Å². The minimum absolute atomic E-state index is 0.473. The van der Waals surface area contributed by atoms with Gasteiger partial charge in [0.1, 0.15) is 6.29 Å². The van der Waals surface area contributed by atoms with Crippen molar-refractivity contribution in [1.29, 1.82) is 0 Å². The highest BCUT2D eigenvalue weighted by atomic mass is 16.1. The fourth-order valence-electron chi connectivity index (χ4n) is 3.89. The van der Waals surface area contributed by atoms with E-state index < -0.39 is 0 Å². The van der Waals surface area contributed by atoms with Crippen LogP contribution in [0.3, 0.4) is 0 Å². The smallest absolute Gasteiger partial charge is 0.120 e. The van der Waals surface area contributed by atoms with Crippen molar-refractivity contribution in [2.75, 3.05) is 0 Å². The second-order valence-corrected chi connectivity index (χ2v) is 5.79. The molecule has 0 radical (unpaired) electrons. The Morgan fingerprint density at radius 3 is 2.46 bits per heavy atom. The number of fused-ring (bicyclic) bond motifs is 2. The molecule has 2 aliphatic rings. The van der Waals surface area contributed by atoms with Crippen molar-refractivity contribution in [1.82, 2.24) is 0 Å². The molecule has 0 heterocycles. The summed E-state index contributed by atoms with van der Waals surface area (Å²) < 4.78 is 0. The number of rotatable bonds is 2. The molecule has 1 heteroatoms. The van der Waals surface area contributed by atoms with Crippen LogP contribution in [0.1, 0.15) is 46.5 Å². The predicted molar refractivity (Wildman–Crippen MR) is 53.4 cm³/mol. The summed E-state index contributed by atoms with van der Waals surface area (Å²) in [5.41, 5.74) is 0.992. The van der Waals surface area contributed by atoms with Crippen LogP contribution in [-0.2, 0) is 4.79 Å². The Kier molecular flexibility index (Phi) is 1.84. The Balaban J connectivity index is 2.23. The van der Waals surface area contributed by atoms with Gasteiger partial charge in [-0.3, -0.25) is 0 Å². The maximum Gasteiger partial charge on any atom is 0.120 e. The van der Waals surface area contributed by atoms with Gasteiger partial charge in [-0.15, -0.1) is 0 Å². The molecule has 0 amide bonds. The predicted octanol–water partition coefficient (Wildman–Crippen LogP) is 3.04. The van der Waals surface area contributed by atoms with Crippen LogP contribution in [0, 0.1) is 22.7 Å². The third-order valence-corrected chi connectivity index (χ3v) is 5.17. The molecule has 3 atom stereocenters. The summed E-state index contributed by atoms with van der Waals surface area (Å²) >= 11 is 0. The molecule has 2 saturated carbocycles. The highest BCUT2D eigenvalue weighted by Gasteiger charge is 2.59. The number of hydrogen-bond donors (Lipinski definition) is 0. The van der Waals surface area contributed by atoms with Gasteiger partial charge in [0.2, 0.25) is 0 Å². The highest BCUT2D eigenvalue weighted by molar-refractivity contribution is 5.50. The van der Waals surface area contributed by atoms with Gasteiger partial charge in [0.15, 0.2) is 0 Å². The molecule has 1 nitrogen and oxygen atoms in total. The summed E-state index contributed by atoms with van der Waals surface area (Å²) in [4.78, 5) is 10.6.